The molecule has 0 aliphatic carbocycles. The van der Waals surface area contributed by atoms with E-state index in [1.807, 2.05) is 31.9 Å². The van der Waals surface area contributed by atoms with Gasteiger partial charge in [-0.05, 0) is 38.5 Å². The first-order valence-electron chi connectivity index (χ1n) is 12.7. The summed E-state index contributed by atoms with van der Waals surface area (Å²) in [5.74, 6) is -1.65. The van der Waals surface area contributed by atoms with Crippen molar-refractivity contribution in [2.24, 2.45) is 0 Å². The van der Waals surface area contributed by atoms with Gasteiger partial charge in [0.25, 0.3) is 0 Å². The molecule has 1 aromatic carbocycles. The number of hydrogen-bond acceptors (Lipinski definition) is 1. The molecule has 1 nitrogen and oxygen atoms in total. The lowest BCUT2D eigenvalue weighted by Gasteiger charge is -2.20. The minimum atomic E-state index is -0.824. The maximum atomic E-state index is 13.2. The normalized spacial score (nSPS) is 10.8. The molecule has 3 heteroatoms. The fraction of sp³-hybridized carbons (Fsp3) is 0.655. The lowest BCUT2D eigenvalue weighted by Crippen LogP contribution is -2.14. The molecule has 1 aromatic rings. The Morgan fingerprint density at radius 1 is 0.781 bits per heavy atom. The first kappa shape index (κ1) is 35.0. The van der Waals surface area contributed by atoms with E-state index in [1.54, 1.807) is 6.07 Å². The van der Waals surface area contributed by atoms with Gasteiger partial charge in [0, 0.05) is 24.5 Å². The molecule has 0 unspecified atom stereocenters. The van der Waals surface area contributed by atoms with Gasteiger partial charge in [0.15, 0.2) is 11.6 Å². The van der Waals surface area contributed by atoms with Crippen molar-refractivity contribution in [3.63, 3.8) is 0 Å². The summed E-state index contributed by atoms with van der Waals surface area (Å²) >= 11 is 0. The van der Waals surface area contributed by atoms with Crippen LogP contribution < -0.4 is 4.90 Å². The number of allylic oxidation sites excluding steroid dienone is 4. The molecule has 0 saturated carbocycles. The molecule has 0 radical (unpaired) electrons. The van der Waals surface area contributed by atoms with Gasteiger partial charge >= 0.3 is 0 Å². The molecule has 0 aromatic heterocycles. The van der Waals surface area contributed by atoms with Crippen LogP contribution in [0.4, 0.5) is 14.5 Å². The Morgan fingerprint density at radius 3 is 1.66 bits per heavy atom. The Bertz CT molecular complexity index is 585. The van der Waals surface area contributed by atoms with E-state index in [1.165, 1.54) is 56.6 Å². The fourth-order valence-corrected chi connectivity index (χ4v) is 2.25. The van der Waals surface area contributed by atoms with Gasteiger partial charge in [-0.15, -0.1) is 0 Å². The first-order valence-corrected chi connectivity index (χ1v) is 12.7. The summed E-state index contributed by atoms with van der Waals surface area (Å²) in [5.41, 5.74) is 2.79. The average molecular weight is 454 g/mol. The summed E-state index contributed by atoms with van der Waals surface area (Å²) in [5, 5.41) is 0. The maximum Gasteiger partial charge on any atom is 0.160 e. The predicted molar refractivity (Wildman–Crippen MR) is 144 cm³/mol. The van der Waals surface area contributed by atoms with Crippen LogP contribution in [0.25, 0.3) is 0 Å². The second kappa shape index (κ2) is 25.6. The van der Waals surface area contributed by atoms with Crippen molar-refractivity contribution in [1.82, 2.24) is 0 Å². The topological polar surface area (TPSA) is 3.24 Å². The average Bonchev–Trinajstić information content (AvgIpc) is 2.78. The number of unbranched alkanes of at least 4 members (excludes halogenated alkanes) is 5. The number of nitrogens with zero attached hydrogens (tertiary/aromatic N) is 1. The summed E-state index contributed by atoms with van der Waals surface area (Å²) in [7, 11) is 1.84. The molecule has 0 spiro atoms. The number of rotatable bonds is 9. The molecule has 32 heavy (non-hydrogen) atoms. The summed E-state index contributed by atoms with van der Waals surface area (Å²) in [6.07, 6.45) is 15.8. The van der Waals surface area contributed by atoms with Crippen LogP contribution in [0.15, 0.2) is 41.6 Å². The monoisotopic (exact) mass is 453 g/mol. The highest BCUT2D eigenvalue weighted by molar-refractivity contribution is 5.51. The maximum absolute atomic E-state index is 13.2. The highest BCUT2D eigenvalue weighted by Crippen LogP contribution is 2.20. The highest BCUT2D eigenvalue weighted by Gasteiger charge is 2.07. The van der Waals surface area contributed by atoms with E-state index in [9.17, 15) is 8.78 Å². The third kappa shape index (κ3) is 21.6. The van der Waals surface area contributed by atoms with Crippen molar-refractivity contribution in [2.75, 3.05) is 11.9 Å². The summed E-state index contributed by atoms with van der Waals surface area (Å²) in [6, 6.07) is 3.92. The van der Waals surface area contributed by atoms with Gasteiger partial charge in [0.05, 0.1) is 0 Å². The van der Waals surface area contributed by atoms with Gasteiger partial charge in [-0.2, -0.15) is 0 Å². The lowest BCUT2D eigenvalue weighted by molar-refractivity contribution is 0.508. The molecule has 0 fully saturated rings. The second-order valence-electron chi connectivity index (χ2n) is 8.09. The highest BCUT2D eigenvalue weighted by atomic mass is 19.2. The van der Waals surface area contributed by atoms with Crippen molar-refractivity contribution >= 4 is 5.69 Å². The molecular weight excluding hydrogens is 400 g/mol. The number of halogens is 2. The molecular formula is C29H53F2N. The van der Waals surface area contributed by atoms with Crippen LogP contribution in [0.2, 0.25) is 0 Å². The van der Waals surface area contributed by atoms with E-state index in [4.69, 9.17) is 0 Å². The number of anilines is 1. The van der Waals surface area contributed by atoms with E-state index in [2.05, 4.69) is 54.5 Å². The molecule has 0 bridgehead atoms. The lowest BCUT2D eigenvalue weighted by atomic mass is 10.2. The zero-order valence-corrected chi connectivity index (χ0v) is 23.0. The van der Waals surface area contributed by atoms with Crippen LogP contribution in [0.1, 0.15) is 120 Å². The number of benzene rings is 1. The molecule has 0 aliphatic rings. The molecule has 0 amide bonds. The second-order valence-corrected chi connectivity index (χ2v) is 8.09. The van der Waals surface area contributed by atoms with Crippen LogP contribution in [-0.4, -0.2) is 7.05 Å². The molecule has 1 rings (SSSR count). The van der Waals surface area contributed by atoms with Crippen molar-refractivity contribution < 1.29 is 8.78 Å². The summed E-state index contributed by atoms with van der Waals surface area (Å²) in [6.45, 7) is 19.2. The van der Waals surface area contributed by atoms with Crippen molar-refractivity contribution in [3.8, 4) is 0 Å². The Labute approximate surface area is 200 Å². The summed E-state index contributed by atoms with van der Waals surface area (Å²) < 4.78 is 26.1. The van der Waals surface area contributed by atoms with Gasteiger partial charge in [-0.25, -0.2) is 8.78 Å². The third-order valence-corrected chi connectivity index (χ3v) is 4.47. The van der Waals surface area contributed by atoms with E-state index < -0.39 is 11.6 Å². The standard InChI is InChI=1S/C16H21F2N.C6H14.C4H10.C3H8/c1-5-6-7-12(2)10-13(3)19(4)14-8-9-15(17)16(18)11-14;1-3-5-6-4-2;1-3-4-2;1-3-2/h7-11H,5-6H2,1-4H3;3-6H2,1-2H3;3-4H2,1-2H3;3H2,1-2H3/b12-7+,13-10-;;;. The molecule has 0 saturated heterocycles. The zero-order chi connectivity index (χ0) is 25.4. The predicted octanol–water partition coefficient (Wildman–Crippen LogP) is 10.9. The quantitative estimate of drug-likeness (QED) is 0.265. The zero-order valence-electron chi connectivity index (χ0n) is 23.0. The first-order chi connectivity index (χ1) is 15.2. The Hall–Kier alpha value is -1.64. The van der Waals surface area contributed by atoms with Gasteiger partial charge in [-0.3, -0.25) is 0 Å². The van der Waals surface area contributed by atoms with Crippen LogP contribution in [0, 0.1) is 11.6 Å². The minimum Gasteiger partial charge on any atom is -0.348 e. The fourth-order valence-electron chi connectivity index (χ4n) is 2.25. The Balaban J connectivity index is -0.000000531. The van der Waals surface area contributed by atoms with E-state index in [0.717, 1.165) is 24.6 Å². The largest absolute Gasteiger partial charge is 0.348 e. The van der Waals surface area contributed by atoms with Crippen molar-refractivity contribution in [2.45, 2.75) is 120 Å². The smallest absolute Gasteiger partial charge is 0.160 e. The number of hydrogen-bond donors (Lipinski definition) is 0. The van der Waals surface area contributed by atoms with Crippen LogP contribution in [-0.2, 0) is 0 Å². The Kier molecular flexibility index (Phi) is 28.0. The van der Waals surface area contributed by atoms with Gasteiger partial charge < -0.3 is 4.90 Å². The van der Waals surface area contributed by atoms with Crippen LogP contribution >= 0.6 is 0 Å². The molecule has 0 heterocycles. The molecule has 0 N–H and O–H groups in total. The van der Waals surface area contributed by atoms with Crippen molar-refractivity contribution in [3.05, 3.63) is 53.3 Å². The van der Waals surface area contributed by atoms with Crippen LogP contribution in [0.3, 0.4) is 0 Å². The molecule has 0 atom stereocenters. The Morgan fingerprint density at radius 2 is 1.28 bits per heavy atom. The molecule has 188 valence electrons. The summed E-state index contributed by atoms with van der Waals surface area (Å²) in [4.78, 5) is 1.84. The third-order valence-electron chi connectivity index (χ3n) is 4.47. The SMILES string of the molecule is CCC.CCC/C=C(C)/C=C(/C)N(C)c1ccc(F)c(F)c1.CCCC.CCCCCC. The van der Waals surface area contributed by atoms with Gasteiger partial charge in [-0.1, -0.05) is 111 Å². The van der Waals surface area contributed by atoms with E-state index in [0.29, 0.717) is 5.69 Å². The van der Waals surface area contributed by atoms with Gasteiger partial charge in [0.1, 0.15) is 0 Å². The van der Waals surface area contributed by atoms with Crippen molar-refractivity contribution in [1.29, 1.82) is 0 Å². The van der Waals surface area contributed by atoms with Gasteiger partial charge in [0.2, 0.25) is 0 Å². The minimum absolute atomic E-state index is 0.635. The molecule has 0 aliphatic heterocycles. The van der Waals surface area contributed by atoms with E-state index >= 15 is 0 Å². The van der Waals surface area contributed by atoms with Crippen LogP contribution in [0.5, 0.6) is 0 Å². The van der Waals surface area contributed by atoms with E-state index in [-0.39, 0.29) is 0 Å².